The Bertz CT molecular complexity index is 5120. The van der Waals surface area contributed by atoms with Crippen molar-refractivity contribution in [3.8, 4) is 57.3 Å². The van der Waals surface area contributed by atoms with Crippen molar-refractivity contribution in [2.24, 2.45) is 0 Å². The van der Waals surface area contributed by atoms with Crippen LogP contribution in [0.15, 0.2) is 164 Å². The highest BCUT2D eigenvalue weighted by Crippen LogP contribution is 2.39. The number of nitrogens with zero attached hydrogens (tertiary/aromatic N) is 8. The number of aromatic nitrogens is 8. The molecule has 0 saturated carbocycles. The minimum Gasteiger partial charge on any atom is -0.416 e. The van der Waals surface area contributed by atoms with E-state index in [1.165, 1.54) is 0 Å². The van der Waals surface area contributed by atoms with E-state index in [-0.39, 0.29) is 47.9 Å². The second kappa shape index (κ2) is 35.7. The van der Waals surface area contributed by atoms with Crippen LogP contribution < -0.4 is 32.0 Å². The number of aldehydes is 1. The lowest BCUT2D eigenvalue weighted by Gasteiger charge is -2.32. The summed E-state index contributed by atoms with van der Waals surface area (Å²) >= 11 is 3.09. The largest absolute Gasteiger partial charge is 0.494 e. The summed E-state index contributed by atoms with van der Waals surface area (Å²) in [6, 6.07) is 45.8. The molecule has 7 N–H and O–H groups in total. The van der Waals surface area contributed by atoms with Crippen molar-refractivity contribution in [3.05, 3.63) is 212 Å². The molecule has 110 heavy (non-hydrogen) atoms. The average Bonchev–Trinajstić information content (AvgIpc) is 1.63. The number of aromatic amines is 2. The van der Waals surface area contributed by atoms with Crippen LogP contribution >= 0.6 is 15.9 Å². The van der Waals surface area contributed by atoms with Crippen LogP contribution in [0, 0.1) is 27.7 Å². The van der Waals surface area contributed by atoms with Crippen molar-refractivity contribution in [1.29, 1.82) is 0 Å². The van der Waals surface area contributed by atoms with Crippen molar-refractivity contribution in [1.82, 2.24) is 61.0 Å². The summed E-state index contributed by atoms with van der Waals surface area (Å²) in [5, 5.41) is 38.5. The molecule has 0 aliphatic carbocycles. The number of hydrogen-bond acceptors (Lipinski definition) is 19. The number of carbonyl (C=O) groups is 6. The third-order valence-electron chi connectivity index (χ3n) is 19.6. The molecule has 1 fully saturated rings. The number of nitrogens with one attached hydrogen (secondary N) is 7. The van der Waals surface area contributed by atoms with E-state index in [2.05, 4.69) is 121 Å². The molecule has 0 bridgehead atoms. The second-order valence-electron chi connectivity index (χ2n) is 27.4. The highest BCUT2D eigenvalue weighted by atomic mass is 79.9. The highest BCUT2D eigenvalue weighted by molar-refractivity contribution is 9.10. The van der Waals surface area contributed by atoms with Gasteiger partial charge < -0.3 is 68.9 Å². The van der Waals surface area contributed by atoms with Crippen LogP contribution in [0.1, 0.15) is 131 Å². The summed E-state index contributed by atoms with van der Waals surface area (Å²) in [5.41, 5.74) is 15.5. The average molecular weight is 1550 g/mol. The topological polar surface area (TPSA) is 336 Å². The number of amides is 5. The Morgan fingerprint density at radius 2 is 0.918 bits per heavy atom. The zero-order valence-electron chi connectivity index (χ0n) is 63.6. The Kier molecular flexibility index (Phi) is 25.8. The van der Waals surface area contributed by atoms with E-state index in [0.29, 0.717) is 105 Å². The Hall–Kier alpha value is -11.6. The maximum atomic E-state index is 13.0. The SMILES string of the molecule is Brc1nnc(-c2ccccc2)o1.CC1(C)OB(c2ccc3c(c2)CC(=O)N3)OC1(C)C.CCN(CC)CCNC(=O)c1c(C)[nH]c(/C=C2\C(=O)Nc3ccc(-c4nnc(-c5ccccc5)o4)cc32)c1C.CCN(CC)CCNC(=O)c1c(C)[nH]c(C=O)c1C.O=C1Cc2cc(-c3nnc(-c4ccccc4)o3)ccc2N1. The van der Waals surface area contributed by atoms with Crippen LogP contribution in [-0.2, 0) is 36.5 Å². The predicted octanol–water partition coefficient (Wildman–Crippen LogP) is 13.3. The third-order valence-corrected chi connectivity index (χ3v) is 20.0. The first-order valence-corrected chi connectivity index (χ1v) is 37.2. The molecule has 1 saturated heterocycles. The van der Waals surface area contributed by atoms with E-state index in [0.717, 1.165) is 118 Å². The molecular weight excluding hydrogens is 1460 g/mol. The predicted molar refractivity (Wildman–Crippen MR) is 427 cm³/mol. The molecule has 4 aliphatic rings. The molecule has 15 rings (SSSR count). The number of fused-ring (bicyclic) bond motifs is 3. The molecule has 6 aromatic carbocycles. The molecule has 26 nitrogen and oxygen atoms in total. The smallest absolute Gasteiger partial charge is 0.416 e. The zero-order valence-corrected chi connectivity index (χ0v) is 65.2. The number of anilines is 3. The molecule has 9 heterocycles. The monoisotopic (exact) mass is 1550 g/mol. The van der Waals surface area contributed by atoms with Crippen LogP contribution in [0.3, 0.4) is 0 Å². The van der Waals surface area contributed by atoms with Crippen molar-refractivity contribution < 1.29 is 51.3 Å². The van der Waals surface area contributed by atoms with Crippen LogP contribution in [0.5, 0.6) is 0 Å². The molecule has 0 spiro atoms. The zero-order chi connectivity index (χ0) is 78.4. The summed E-state index contributed by atoms with van der Waals surface area (Å²) in [7, 11) is -0.369. The van der Waals surface area contributed by atoms with Gasteiger partial charge >= 0.3 is 7.12 Å². The number of likely N-dealkylation sites (N-methyl/N-ethyl adjacent to an activating group) is 2. The van der Waals surface area contributed by atoms with Gasteiger partial charge in [0.05, 0.1) is 46.4 Å². The van der Waals surface area contributed by atoms with E-state index in [1.54, 1.807) is 19.9 Å². The van der Waals surface area contributed by atoms with Crippen LogP contribution in [-0.4, -0.2) is 157 Å². The molecule has 0 unspecified atom stereocenters. The fraction of sp³-hybridized carbons (Fsp3) is 0.293. The fourth-order valence-corrected chi connectivity index (χ4v) is 13.0. The minimum atomic E-state index is -0.369. The van der Waals surface area contributed by atoms with Gasteiger partial charge in [0.2, 0.25) is 41.3 Å². The van der Waals surface area contributed by atoms with Crippen LogP contribution in [0.25, 0.3) is 68.9 Å². The summed E-state index contributed by atoms with van der Waals surface area (Å²) in [5.74, 6) is 1.86. The Morgan fingerprint density at radius 3 is 1.36 bits per heavy atom. The van der Waals surface area contributed by atoms with Crippen molar-refractivity contribution in [2.45, 2.75) is 107 Å². The van der Waals surface area contributed by atoms with E-state index < -0.39 is 0 Å². The Morgan fingerprint density at radius 1 is 0.509 bits per heavy atom. The molecule has 5 amide bonds. The molecule has 0 atom stereocenters. The highest BCUT2D eigenvalue weighted by Gasteiger charge is 2.52. The number of rotatable bonds is 20. The standard InChI is InChI=1S/C30H32N6O3.C16H11N3O2.C14H18BNO3.C14H23N3O2.C8H5BrN2O/c1-5-36(6-2)15-14-31-28(38)26-18(3)25(32-19(26)4)17-23-22-16-21(12-13-24(22)33-27(23)37)30-35-34-29(39-30)20-10-8-7-9-11-20;20-14-9-12-8-11(6-7-13(12)17-14)16-19-18-15(21-16)10-4-2-1-3-5-10;1-13(2)14(3,4)19-15(18-13)10-5-6-11-9(7-10)8-12(17)16-11;1-5-17(6-2)8-7-15-14(19)13-10(3)12(9-18)16-11(13)4;9-8-11-10-7(12-8)6-4-2-1-3-5-6/h7-13,16-17,32H,5-6,14-15H2,1-4H3,(H,31,38)(H,33,37);1-8H,9H2,(H,17,20);5-7H,8H2,1-4H3,(H,16,17);9,16H,5-8H2,1-4H3,(H,15,19);1-5H/b23-17-;;;;. The first-order chi connectivity index (χ1) is 52.9. The number of carbonyl (C=O) groups excluding carboxylic acids is 6. The number of aryl methyl sites for hydroxylation is 2. The van der Waals surface area contributed by atoms with E-state index >= 15 is 0 Å². The van der Waals surface area contributed by atoms with Gasteiger partial charge in [-0.25, -0.2) is 0 Å². The lowest BCUT2D eigenvalue weighted by atomic mass is 9.78. The fourth-order valence-electron chi connectivity index (χ4n) is 12.7. The van der Waals surface area contributed by atoms with Gasteiger partial charge in [-0.2, -0.15) is 0 Å². The van der Waals surface area contributed by atoms with Gasteiger partial charge in [0, 0.05) is 110 Å². The van der Waals surface area contributed by atoms with E-state index in [9.17, 15) is 28.8 Å². The van der Waals surface area contributed by atoms with Crippen LogP contribution in [0.2, 0.25) is 0 Å². The summed E-state index contributed by atoms with van der Waals surface area (Å²) in [6.45, 7) is 30.5. The molecule has 568 valence electrons. The molecule has 0 radical (unpaired) electrons. The van der Waals surface area contributed by atoms with Crippen LogP contribution in [0.4, 0.5) is 17.1 Å². The number of hydrogen-bond donors (Lipinski definition) is 7. The van der Waals surface area contributed by atoms with Gasteiger partial charge in [0.25, 0.3) is 22.5 Å². The second-order valence-corrected chi connectivity index (χ2v) is 28.1. The van der Waals surface area contributed by atoms with Gasteiger partial charge in [-0.05, 0) is 194 Å². The molecule has 4 aliphatic heterocycles. The summed E-state index contributed by atoms with van der Waals surface area (Å²) < 4.78 is 28.8. The van der Waals surface area contributed by atoms with Crippen molar-refractivity contribution in [2.75, 3.05) is 68.3 Å². The maximum absolute atomic E-state index is 13.0. The van der Waals surface area contributed by atoms with Crippen molar-refractivity contribution in [3.63, 3.8) is 0 Å². The number of benzene rings is 6. The first-order valence-electron chi connectivity index (χ1n) is 36.4. The van der Waals surface area contributed by atoms with Gasteiger partial charge in [-0.1, -0.05) is 94.4 Å². The normalized spacial score (nSPS) is 14.3. The van der Waals surface area contributed by atoms with Gasteiger partial charge in [0.1, 0.15) is 0 Å². The lowest BCUT2D eigenvalue weighted by molar-refractivity contribution is -0.115. The van der Waals surface area contributed by atoms with Crippen molar-refractivity contribution >= 4 is 93.0 Å². The maximum Gasteiger partial charge on any atom is 0.494 e. The molecular formula is C82H89BBrN15O11. The summed E-state index contributed by atoms with van der Waals surface area (Å²) in [6.07, 6.45) is 3.36. The van der Waals surface area contributed by atoms with Gasteiger partial charge in [-0.3, -0.25) is 28.8 Å². The lowest BCUT2D eigenvalue weighted by Crippen LogP contribution is -2.41. The molecule has 28 heteroatoms. The van der Waals surface area contributed by atoms with E-state index in [4.69, 9.17) is 22.6 Å². The third kappa shape index (κ3) is 18.9. The summed E-state index contributed by atoms with van der Waals surface area (Å²) in [4.78, 5) is 82.7. The Labute approximate surface area is 646 Å². The number of H-pyrrole nitrogens is 2. The Balaban J connectivity index is 0.000000145. The molecule has 11 aromatic rings. The quantitative estimate of drug-likeness (QED) is 0.0212. The van der Waals surface area contributed by atoms with Gasteiger partial charge in [0.15, 0.2) is 6.29 Å². The number of halogens is 1. The van der Waals surface area contributed by atoms with Gasteiger partial charge in [-0.15, -0.1) is 30.6 Å². The molecule has 5 aromatic heterocycles. The minimum absolute atomic E-state index is 0.0117. The van der Waals surface area contributed by atoms with E-state index in [1.807, 2.05) is 187 Å². The first kappa shape index (κ1) is 79.5.